The smallest absolute Gasteiger partial charge is 0.338 e. The molecule has 0 saturated carbocycles. The third-order valence-electron chi connectivity index (χ3n) is 7.26. The third kappa shape index (κ3) is 5.40. The molecular formula is C34H26ClFN2O4S. The molecule has 1 aliphatic rings. The molecule has 1 aliphatic heterocycles. The Balaban J connectivity index is 1.54. The SMILES string of the molecule is CCOC(=O)C1=C(C)N=c2s/c(=C\c3c(OCc4ccccc4F)ccc4ccccc34)c(=O)n2[C@H]1c1ccccc1Cl. The molecule has 1 atom stereocenters. The maximum Gasteiger partial charge on any atom is 0.338 e. The molecule has 43 heavy (non-hydrogen) atoms. The first-order chi connectivity index (χ1) is 20.9. The number of carbonyl (C=O) groups excluding carboxylic acids is 1. The summed E-state index contributed by atoms with van der Waals surface area (Å²) < 4.78 is 27.8. The maximum atomic E-state index is 14.4. The highest BCUT2D eigenvalue weighted by Gasteiger charge is 2.34. The normalized spacial score (nSPS) is 14.9. The van der Waals surface area contributed by atoms with Gasteiger partial charge in [-0.3, -0.25) is 9.36 Å². The lowest BCUT2D eigenvalue weighted by atomic mass is 9.96. The van der Waals surface area contributed by atoms with Crippen molar-refractivity contribution in [2.45, 2.75) is 26.5 Å². The van der Waals surface area contributed by atoms with Gasteiger partial charge >= 0.3 is 5.97 Å². The van der Waals surface area contributed by atoms with Gasteiger partial charge in [-0.1, -0.05) is 89.7 Å². The molecular weight excluding hydrogens is 587 g/mol. The van der Waals surface area contributed by atoms with E-state index in [9.17, 15) is 14.0 Å². The summed E-state index contributed by atoms with van der Waals surface area (Å²) in [6.07, 6.45) is 1.77. The molecule has 0 amide bonds. The van der Waals surface area contributed by atoms with Crippen molar-refractivity contribution < 1.29 is 18.7 Å². The van der Waals surface area contributed by atoms with Gasteiger partial charge in [-0.05, 0) is 54.5 Å². The zero-order valence-corrected chi connectivity index (χ0v) is 24.9. The molecule has 0 bridgehead atoms. The summed E-state index contributed by atoms with van der Waals surface area (Å²) in [6.45, 7) is 3.64. The molecule has 9 heteroatoms. The molecule has 0 aliphatic carbocycles. The van der Waals surface area contributed by atoms with Crippen molar-refractivity contribution in [3.05, 3.63) is 143 Å². The topological polar surface area (TPSA) is 69.9 Å². The number of aromatic nitrogens is 1. The minimum Gasteiger partial charge on any atom is -0.488 e. The van der Waals surface area contributed by atoms with E-state index in [0.717, 1.165) is 10.8 Å². The molecule has 0 fully saturated rings. The molecule has 6 rings (SSSR count). The largest absolute Gasteiger partial charge is 0.488 e. The lowest BCUT2D eigenvalue weighted by molar-refractivity contribution is -0.139. The van der Waals surface area contributed by atoms with E-state index >= 15 is 0 Å². The van der Waals surface area contributed by atoms with Gasteiger partial charge in [0.05, 0.1) is 22.4 Å². The average Bonchev–Trinajstić information content (AvgIpc) is 3.31. The lowest BCUT2D eigenvalue weighted by Crippen LogP contribution is -2.40. The third-order valence-corrected chi connectivity index (χ3v) is 8.59. The Morgan fingerprint density at radius 2 is 1.79 bits per heavy atom. The van der Waals surface area contributed by atoms with Crippen LogP contribution in [0.1, 0.15) is 36.6 Å². The number of ether oxygens (including phenoxy) is 2. The summed E-state index contributed by atoms with van der Waals surface area (Å²) in [4.78, 5) is 32.5. The highest BCUT2D eigenvalue weighted by atomic mass is 35.5. The van der Waals surface area contributed by atoms with Crippen LogP contribution in [0.2, 0.25) is 5.02 Å². The van der Waals surface area contributed by atoms with Crippen molar-refractivity contribution in [2.75, 3.05) is 6.61 Å². The second-order valence-corrected chi connectivity index (χ2v) is 11.3. The van der Waals surface area contributed by atoms with Gasteiger partial charge in [0, 0.05) is 16.1 Å². The number of hydrogen-bond acceptors (Lipinski definition) is 6. The zero-order valence-electron chi connectivity index (χ0n) is 23.3. The Morgan fingerprint density at radius 1 is 1.05 bits per heavy atom. The van der Waals surface area contributed by atoms with E-state index in [2.05, 4.69) is 4.99 Å². The molecule has 0 spiro atoms. The van der Waals surface area contributed by atoms with Crippen molar-refractivity contribution in [3.63, 3.8) is 0 Å². The minimum atomic E-state index is -0.824. The van der Waals surface area contributed by atoms with E-state index in [-0.39, 0.29) is 30.2 Å². The summed E-state index contributed by atoms with van der Waals surface area (Å²) in [5, 5.41) is 2.23. The molecule has 216 valence electrons. The molecule has 4 aromatic carbocycles. The lowest BCUT2D eigenvalue weighted by Gasteiger charge is -2.25. The summed E-state index contributed by atoms with van der Waals surface area (Å²) >= 11 is 7.83. The predicted molar refractivity (Wildman–Crippen MR) is 167 cm³/mol. The standard InChI is InChI=1S/C34H26ClFN2O4S/c1-3-41-33(40)30-20(2)37-34-38(31(30)24-13-7-8-14-26(24)35)32(39)29(43-34)18-25-23-12-6-4-10-21(23)16-17-28(25)42-19-22-11-5-9-15-27(22)36/h4-18,31H,3,19H2,1-2H3/b29-18-/t31-/m0/s1. The Kier molecular flexibility index (Phi) is 7.97. The van der Waals surface area contributed by atoms with E-state index in [1.54, 1.807) is 56.3 Å². The molecule has 2 heterocycles. The number of carbonyl (C=O) groups is 1. The molecule has 1 aromatic heterocycles. The number of allylic oxidation sites excluding steroid dienone is 1. The number of halogens is 2. The highest BCUT2D eigenvalue weighted by Crippen LogP contribution is 2.35. The van der Waals surface area contributed by atoms with Crippen molar-refractivity contribution in [1.82, 2.24) is 4.57 Å². The Bertz CT molecular complexity index is 2100. The van der Waals surface area contributed by atoms with Crippen LogP contribution in [0.3, 0.4) is 0 Å². The minimum absolute atomic E-state index is 0.0156. The number of fused-ring (bicyclic) bond motifs is 2. The van der Waals surface area contributed by atoms with Crippen molar-refractivity contribution in [2.24, 2.45) is 4.99 Å². The van der Waals surface area contributed by atoms with Gasteiger partial charge in [-0.25, -0.2) is 14.2 Å². The summed E-state index contributed by atoms with van der Waals surface area (Å²) in [5.41, 5.74) is 2.06. The molecule has 5 aromatic rings. The first-order valence-electron chi connectivity index (χ1n) is 13.7. The van der Waals surface area contributed by atoms with Crippen LogP contribution in [-0.2, 0) is 16.1 Å². The van der Waals surface area contributed by atoms with Gasteiger partial charge in [-0.2, -0.15) is 0 Å². The van der Waals surface area contributed by atoms with Crippen LogP contribution in [-0.4, -0.2) is 17.1 Å². The van der Waals surface area contributed by atoms with Gasteiger partial charge in [0.25, 0.3) is 5.56 Å². The number of esters is 1. The van der Waals surface area contributed by atoms with Crippen LogP contribution in [0, 0.1) is 5.82 Å². The number of hydrogen-bond donors (Lipinski definition) is 0. The Morgan fingerprint density at radius 3 is 2.58 bits per heavy atom. The fourth-order valence-electron chi connectivity index (χ4n) is 5.24. The number of benzene rings is 4. The number of thiazole rings is 1. The van der Waals surface area contributed by atoms with E-state index in [1.807, 2.05) is 42.5 Å². The monoisotopic (exact) mass is 612 g/mol. The van der Waals surface area contributed by atoms with Gasteiger partial charge in [0.2, 0.25) is 0 Å². The Hall–Kier alpha value is -4.53. The maximum absolute atomic E-state index is 14.4. The van der Waals surface area contributed by atoms with Crippen LogP contribution < -0.4 is 19.6 Å². The predicted octanol–water partition coefficient (Wildman–Crippen LogP) is 6.32. The van der Waals surface area contributed by atoms with E-state index < -0.39 is 12.0 Å². The van der Waals surface area contributed by atoms with E-state index in [0.29, 0.717) is 42.5 Å². The Labute approximate surface area is 255 Å². The number of nitrogens with zero attached hydrogens (tertiary/aromatic N) is 2. The van der Waals surface area contributed by atoms with E-state index in [1.165, 1.54) is 22.0 Å². The van der Waals surface area contributed by atoms with Gasteiger partial charge in [0.15, 0.2) is 4.80 Å². The highest BCUT2D eigenvalue weighted by molar-refractivity contribution is 7.07. The summed E-state index contributed by atoms with van der Waals surface area (Å²) in [7, 11) is 0. The molecule has 0 N–H and O–H groups in total. The van der Waals surface area contributed by atoms with E-state index in [4.69, 9.17) is 21.1 Å². The zero-order chi connectivity index (χ0) is 30.1. The van der Waals surface area contributed by atoms with Crippen LogP contribution in [0.5, 0.6) is 5.75 Å². The fraction of sp³-hybridized carbons (Fsp3) is 0.147. The first kappa shape index (κ1) is 28.6. The van der Waals surface area contributed by atoms with Crippen LogP contribution in [0.25, 0.3) is 16.8 Å². The van der Waals surface area contributed by atoms with Crippen molar-refractivity contribution in [1.29, 1.82) is 0 Å². The van der Waals surface area contributed by atoms with Crippen LogP contribution in [0.4, 0.5) is 4.39 Å². The van der Waals surface area contributed by atoms with Gasteiger partial charge < -0.3 is 9.47 Å². The van der Waals surface area contributed by atoms with Crippen molar-refractivity contribution >= 4 is 45.8 Å². The molecule has 6 nitrogen and oxygen atoms in total. The first-order valence-corrected chi connectivity index (χ1v) is 14.9. The van der Waals surface area contributed by atoms with Gasteiger partial charge in [-0.15, -0.1) is 0 Å². The van der Waals surface area contributed by atoms with Crippen LogP contribution in [0.15, 0.2) is 106 Å². The van der Waals surface area contributed by atoms with Crippen molar-refractivity contribution in [3.8, 4) is 5.75 Å². The summed E-state index contributed by atoms with van der Waals surface area (Å²) in [6, 6.07) is 24.3. The van der Waals surface area contributed by atoms with Gasteiger partial charge in [0.1, 0.15) is 24.2 Å². The quantitative estimate of drug-likeness (QED) is 0.202. The second kappa shape index (κ2) is 12.0. The fourth-order valence-corrected chi connectivity index (χ4v) is 6.50. The number of rotatable bonds is 7. The second-order valence-electron chi connectivity index (χ2n) is 9.90. The average molecular weight is 613 g/mol. The molecule has 0 radical (unpaired) electrons. The van der Waals surface area contributed by atoms with Crippen LogP contribution >= 0.6 is 22.9 Å². The summed E-state index contributed by atoms with van der Waals surface area (Å²) in [5.74, 6) is -0.412. The molecule has 0 unspecified atom stereocenters. The molecule has 0 saturated heterocycles.